The van der Waals surface area contributed by atoms with Gasteiger partial charge in [0.1, 0.15) is 5.88 Å². The summed E-state index contributed by atoms with van der Waals surface area (Å²) >= 11 is 5.47. The van der Waals surface area contributed by atoms with Gasteiger partial charge < -0.3 is 0 Å². The van der Waals surface area contributed by atoms with Gasteiger partial charge in [-0.05, 0) is 12.1 Å². The van der Waals surface area contributed by atoms with Gasteiger partial charge in [-0.15, -0.1) is 18.0 Å². The topological polar surface area (TPSA) is 20.3 Å². The van der Waals surface area contributed by atoms with Gasteiger partial charge in [0.05, 0.1) is 6.54 Å². The Morgan fingerprint density at radius 3 is 2.57 bits per heavy atom. The molecule has 0 heterocycles. The van der Waals surface area contributed by atoms with E-state index in [1.165, 1.54) is 4.90 Å². The summed E-state index contributed by atoms with van der Waals surface area (Å²) in [5, 5.41) is 0. The molecule has 1 rings (SSSR count). The van der Waals surface area contributed by atoms with Crippen molar-refractivity contribution in [3.8, 4) is 12.3 Å². The average Bonchev–Trinajstić information content (AvgIpc) is 2.26. The summed E-state index contributed by atoms with van der Waals surface area (Å²) in [6.07, 6.45) is 5.17. The Morgan fingerprint density at radius 1 is 1.43 bits per heavy atom. The molecule has 0 unspecified atom stereocenters. The third-order valence-electron chi connectivity index (χ3n) is 1.73. The molecular weight excluding hydrogens is 198 g/mol. The van der Waals surface area contributed by atoms with Crippen molar-refractivity contribution in [1.29, 1.82) is 0 Å². The van der Waals surface area contributed by atoms with Crippen LogP contribution in [0.2, 0.25) is 0 Å². The lowest BCUT2D eigenvalue weighted by molar-refractivity contribution is -0.116. The van der Waals surface area contributed by atoms with E-state index in [0.717, 1.165) is 5.69 Å². The first kappa shape index (κ1) is 10.6. The predicted octanol–water partition coefficient (Wildman–Crippen LogP) is 1.89. The number of anilines is 1. The summed E-state index contributed by atoms with van der Waals surface area (Å²) in [6, 6.07) is 9.22. The molecule has 0 aliphatic carbocycles. The van der Waals surface area contributed by atoms with E-state index < -0.39 is 0 Å². The number of hydrogen-bond donors (Lipinski definition) is 0. The highest BCUT2D eigenvalue weighted by Crippen LogP contribution is 2.13. The fraction of sp³-hybridized carbons (Fsp3) is 0.182. The summed E-state index contributed by atoms with van der Waals surface area (Å²) in [5.41, 5.74) is 0.774. The first-order chi connectivity index (χ1) is 6.79. The molecule has 0 N–H and O–H groups in total. The van der Waals surface area contributed by atoms with Gasteiger partial charge in [-0.1, -0.05) is 24.1 Å². The average molecular weight is 208 g/mol. The molecule has 2 nitrogen and oxygen atoms in total. The van der Waals surface area contributed by atoms with Crippen LogP contribution in [-0.4, -0.2) is 18.3 Å². The van der Waals surface area contributed by atoms with Crippen LogP contribution in [0.15, 0.2) is 30.3 Å². The van der Waals surface area contributed by atoms with E-state index in [9.17, 15) is 4.79 Å². The lowest BCUT2D eigenvalue weighted by Gasteiger charge is -2.18. The van der Waals surface area contributed by atoms with Crippen molar-refractivity contribution in [3.63, 3.8) is 0 Å². The lowest BCUT2D eigenvalue weighted by atomic mass is 10.3. The van der Waals surface area contributed by atoms with E-state index in [4.69, 9.17) is 18.0 Å². The molecule has 0 radical (unpaired) electrons. The molecule has 0 aliphatic heterocycles. The van der Waals surface area contributed by atoms with Crippen molar-refractivity contribution in [2.75, 3.05) is 17.3 Å². The standard InChI is InChI=1S/C11H10ClNO/c1-2-8-13(11(14)9-12)10-6-4-3-5-7-10/h1,3-7H,8-9H2. The molecule has 0 saturated carbocycles. The first-order valence-corrected chi connectivity index (χ1v) is 4.68. The number of carbonyl (C=O) groups is 1. The molecule has 0 atom stereocenters. The second kappa shape index (κ2) is 5.31. The lowest BCUT2D eigenvalue weighted by Crippen LogP contribution is -2.32. The summed E-state index contributed by atoms with van der Waals surface area (Å²) in [7, 11) is 0. The van der Waals surface area contributed by atoms with E-state index in [1.54, 1.807) is 0 Å². The fourth-order valence-corrected chi connectivity index (χ4v) is 1.24. The summed E-state index contributed by atoms with van der Waals surface area (Å²) in [4.78, 5) is 12.9. The molecule has 72 valence electrons. The molecule has 3 heteroatoms. The highest BCUT2D eigenvalue weighted by Gasteiger charge is 2.12. The van der Waals surface area contributed by atoms with Gasteiger partial charge in [0.2, 0.25) is 5.91 Å². The predicted molar refractivity (Wildman–Crippen MR) is 58.3 cm³/mol. The van der Waals surface area contributed by atoms with Crippen LogP contribution in [0.5, 0.6) is 0 Å². The third kappa shape index (κ3) is 2.51. The minimum atomic E-state index is -0.184. The van der Waals surface area contributed by atoms with Crippen molar-refractivity contribution >= 4 is 23.2 Å². The maximum atomic E-state index is 11.4. The van der Waals surface area contributed by atoms with Gasteiger partial charge in [-0.3, -0.25) is 9.69 Å². The highest BCUT2D eigenvalue weighted by atomic mass is 35.5. The number of para-hydroxylation sites is 1. The quantitative estimate of drug-likeness (QED) is 0.548. The summed E-state index contributed by atoms with van der Waals surface area (Å²) in [6.45, 7) is 0.246. The number of alkyl halides is 1. The number of nitrogens with zero attached hydrogens (tertiary/aromatic N) is 1. The van der Waals surface area contributed by atoms with Gasteiger partial charge in [0.15, 0.2) is 0 Å². The minimum absolute atomic E-state index is 0.0590. The third-order valence-corrected chi connectivity index (χ3v) is 1.96. The number of carbonyl (C=O) groups excluding carboxylic acids is 1. The van der Waals surface area contributed by atoms with Crippen molar-refractivity contribution in [3.05, 3.63) is 30.3 Å². The van der Waals surface area contributed by atoms with E-state index >= 15 is 0 Å². The largest absolute Gasteiger partial charge is 0.300 e. The van der Waals surface area contributed by atoms with E-state index in [-0.39, 0.29) is 18.3 Å². The minimum Gasteiger partial charge on any atom is -0.300 e. The SMILES string of the molecule is C#CCN(C(=O)CCl)c1ccccc1. The van der Waals surface area contributed by atoms with Crippen LogP contribution < -0.4 is 4.90 Å². The van der Waals surface area contributed by atoms with E-state index in [1.807, 2.05) is 30.3 Å². The molecule has 0 bridgehead atoms. The molecule has 14 heavy (non-hydrogen) atoms. The smallest absolute Gasteiger partial charge is 0.242 e. The zero-order valence-electron chi connectivity index (χ0n) is 7.61. The normalized spacial score (nSPS) is 9.14. The highest BCUT2D eigenvalue weighted by molar-refractivity contribution is 6.29. The van der Waals surface area contributed by atoms with Crippen molar-refractivity contribution in [2.24, 2.45) is 0 Å². The van der Waals surface area contributed by atoms with Crippen LogP contribution in [0.4, 0.5) is 5.69 Å². The first-order valence-electron chi connectivity index (χ1n) is 4.14. The van der Waals surface area contributed by atoms with Gasteiger partial charge in [-0.25, -0.2) is 0 Å². The Labute approximate surface area is 88.5 Å². The summed E-state index contributed by atoms with van der Waals surface area (Å²) < 4.78 is 0. The monoisotopic (exact) mass is 207 g/mol. The zero-order chi connectivity index (χ0) is 10.4. The Hall–Kier alpha value is -1.46. The number of amides is 1. The summed E-state index contributed by atoms with van der Waals surface area (Å²) in [5.74, 6) is 2.18. The number of rotatable bonds is 3. The Balaban J connectivity index is 2.90. The van der Waals surface area contributed by atoms with E-state index in [0.29, 0.717) is 0 Å². The maximum Gasteiger partial charge on any atom is 0.242 e. The number of benzene rings is 1. The van der Waals surface area contributed by atoms with Crippen molar-refractivity contribution in [2.45, 2.75) is 0 Å². The Bertz CT molecular complexity index is 342. The number of hydrogen-bond acceptors (Lipinski definition) is 1. The molecule has 0 fully saturated rings. The van der Waals surface area contributed by atoms with Crippen LogP contribution in [0, 0.1) is 12.3 Å². The van der Waals surface area contributed by atoms with Gasteiger partial charge in [-0.2, -0.15) is 0 Å². The Kier molecular flexibility index (Phi) is 4.03. The van der Waals surface area contributed by atoms with Crippen LogP contribution in [0.25, 0.3) is 0 Å². The van der Waals surface area contributed by atoms with Crippen LogP contribution >= 0.6 is 11.6 Å². The zero-order valence-corrected chi connectivity index (χ0v) is 8.37. The second-order valence-corrected chi connectivity index (χ2v) is 2.92. The van der Waals surface area contributed by atoms with Gasteiger partial charge >= 0.3 is 0 Å². The molecule has 1 aromatic rings. The molecule has 0 aliphatic rings. The molecule has 0 saturated heterocycles. The van der Waals surface area contributed by atoms with Crippen molar-refractivity contribution in [1.82, 2.24) is 0 Å². The molecule has 0 spiro atoms. The number of halogens is 1. The van der Waals surface area contributed by atoms with Crippen LogP contribution in [0.3, 0.4) is 0 Å². The van der Waals surface area contributed by atoms with Gasteiger partial charge in [0.25, 0.3) is 0 Å². The van der Waals surface area contributed by atoms with E-state index in [2.05, 4.69) is 5.92 Å². The number of terminal acetylenes is 1. The molecule has 0 aromatic heterocycles. The molecular formula is C11H10ClNO. The second-order valence-electron chi connectivity index (χ2n) is 2.65. The maximum absolute atomic E-state index is 11.4. The Morgan fingerprint density at radius 2 is 2.07 bits per heavy atom. The van der Waals surface area contributed by atoms with Crippen LogP contribution in [-0.2, 0) is 4.79 Å². The molecule has 1 amide bonds. The molecule has 1 aromatic carbocycles. The fourth-order valence-electron chi connectivity index (χ4n) is 1.09. The van der Waals surface area contributed by atoms with Crippen LogP contribution in [0.1, 0.15) is 0 Å². The van der Waals surface area contributed by atoms with Crippen molar-refractivity contribution < 1.29 is 4.79 Å². The van der Waals surface area contributed by atoms with Gasteiger partial charge in [0, 0.05) is 5.69 Å².